The third kappa shape index (κ3) is 7.29. The van der Waals surface area contributed by atoms with Crippen LogP contribution in [0.3, 0.4) is 0 Å². The van der Waals surface area contributed by atoms with Crippen LogP contribution in [-0.4, -0.2) is 25.0 Å². The van der Waals surface area contributed by atoms with Crippen LogP contribution < -0.4 is 16.4 Å². The van der Waals surface area contributed by atoms with E-state index in [9.17, 15) is 34.3 Å². The Labute approximate surface area is 588 Å². The van der Waals surface area contributed by atoms with Crippen LogP contribution >= 0.6 is 0 Å². The summed E-state index contributed by atoms with van der Waals surface area (Å²) < 4.78 is 260. The Balaban J connectivity index is 1.17. The minimum Gasteiger partial charge on any atom is -0.309 e. The van der Waals surface area contributed by atoms with Crippen molar-refractivity contribution in [1.29, 1.82) is 0 Å². The molecule has 0 saturated carbocycles. The molecule has 0 N–H and O–H groups in total. The van der Waals surface area contributed by atoms with Gasteiger partial charge in [-0.25, -0.2) is 0 Å². The average Bonchev–Trinajstić information content (AvgIpc) is 1.57. The van der Waals surface area contributed by atoms with Gasteiger partial charge in [-0.15, -0.1) is 0 Å². The average molecular weight is 1240 g/mol. The van der Waals surface area contributed by atoms with Crippen molar-refractivity contribution in [1.82, 2.24) is 18.3 Å². The van der Waals surface area contributed by atoms with Crippen molar-refractivity contribution in [3.05, 3.63) is 333 Å². The number of rotatable bonds is 4. The van der Waals surface area contributed by atoms with Gasteiger partial charge in [0.05, 0.1) is 85.7 Å². The molecular weight excluding hydrogens is 1160 g/mol. The van der Waals surface area contributed by atoms with Crippen molar-refractivity contribution < 1.29 is 34.3 Å². The molecule has 444 valence electrons. The molecule has 19 aromatic rings. The van der Waals surface area contributed by atoms with Crippen molar-refractivity contribution in [2.24, 2.45) is 0 Å². The maximum Gasteiger partial charge on any atom is 0.252 e. The molecule has 21 rings (SSSR count). The molecular formula is C91H57BN4. The van der Waals surface area contributed by atoms with Gasteiger partial charge < -0.3 is 18.3 Å². The van der Waals surface area contributed by atoms with Crippen LogP contribution in [0.1, 0.15) is 39.8 Å². The quantitative estimate of drug-likeness (QED) is 0.157. The standard InChI is InChI=1S/C91H57BN4/c1-56-54-83-87-84(55-56)96-89-60(58-28-6-3-7-29-58)43-25-45-74(89)66-35-11-9-31-62(66)64-33-13-15-41-72(64)86-82(94-79-48-22-18-38-69(79)70-39-19-23-49-80(70)94)53-51-76(91(86)96)92(87)75-50-52-81(93-77-46-20-16-36-67(77)68-37-17-21-47-78(68)93)85-71-40-14-12-32-63(71)61-30-8-10-34-65(61)73-44-24-42-59(57-26-4-2-5-27-57)88(73)95(83)90(75)85/h2-55H,1H3/i1D3,16D,17D,18D,19D,20D,21D,22D,23D,36D,37D,38D,39D,46D,47D,48D,49D,50D,51D,52D,53D,54D,55D. The van der Waals surface area contributed by atoms with Crippen LogP contribution in [0.4, 0.5) is 0 Å². The lowest BCUT2D eigenvalue weighted by atomic mass is 9.34. The SMILES string of the molecule is [2H]c1c2c3c(c([2H])c1C([2H])([2H])[2H])-n1c4c(-c5ccccc5)cccc4c4ccccc4c4ccccc4c4c(-n5c6c([2H])c([2H])c([2H])c([2H])c6c6c([2H])c([2H])c([2H])c([2H])c65)c([2H])c([2H])c(c41)B3c1c([2H])c([2H])c(-n3c4c([2H])c([2H])c([2H])c([2H])c4c4c([2H])c([2H])c([2H])c([2H])c43)c3c4ccccc4c4ccccc4c4cccc(-c5ccccc5)c4n-2c13. The maximum atomic E-state index is 11.7. The van der Waals surface area contributed by atoms with E-state index in [0.29, 0.717) is 65.3 Å². The molecule has 0 aliphatic carbocycles. The largest absolute Gasteiger partial charge is 0.309 e. The van der Waals surface area contributed by atoms with E-state index >= 15 is 0 Å². The number of aromatic nitrogens is 4. The molecule has 0 atom stereocenters. The molecule has 0 amide bonds. The van der Waals surface area contributed by atoms with Gasteiger partial charge in [0.2, 0.25) is 0 Å². The molecule has 0 spiro atoms. The number of para-hydroxylation sites is 6. The predicted molar refractivity (Wildman–Crippen MR) is 409 cm³/mol. The first-order chi connectivity index (χ1) is 58.0. The van der Waals surface area contributed by atoms with Gasteiger partial charge in [0.1, 0.15) is 0 Å². The smallest absolute Gasteiger partial charge is 0.252 e. The van der Waals surface area contributed by atoms with E-state index in [1.54, 1.807) is 45.5 Å². The summed E-state index contributed by atoms with van der Waals surface area (Å²) in [6.45, 7) is -5.36. The molecule has 96 heavy (non-hydrogen) atoms. The molecule has 15 aromatic carbocycles. The summed E-state index contributed by atoms with van der Waals surface area (Å²) >= 11 is 0. The zero-order valence-electron chi connectivity index (χ0n) is 75.3. The first-order valence-corrected chi connectivity index (χ1v) is 31.4. The van der Waals surface area contributed by atoms with Crippen molar-refractivity contribution in [2.45, 2.75) is 6.85 Å². The van der Waals surface area contributed by atoms with E-state index in [1.165, 1.54) is 9.13 Å². The second kappa shape index (κ2) is 20.3. The Morgan fingerprint density at radius 2 is 0.594 bits per heavy atom. The lowest BCUT2D eigenvalue weighted by molar-refractivity contribution is 1.12. The Morgan fingerprint density at radius 1 is 0.271 bits per heavy atom. The fourth-order valence-electron chi connectivity index (χ4n) is 15.7. The van der Waals surface area contributed by atoms with Gasteiger partial charge >= 0.3 is 0 Å². The van der Waals surface area contributed by atoms with Gasteiger partial charge in [-0.2, -0.15) is 0 Å². The lowest BCUT2D eigenvalue weighted by Gasteiger charge is -2.37. The molecule has 2 aliphatic heterocycles. The third-order valence-electron chi connectivity index (χ3n) is 19.5. The van der Waals surface area contributed by atoms with Gasteiger partial charge in [0.15, 0.2) is 0 Å². The fraction of sp³-hybridized carbons (Fsp3) is 0.0110. The monoisotopic (exact) mass is 1240 g/mol. The Bertz CT molecular complexity index is 7670. The van der Waals surface area contributed by atoms with E-state index < -0.39 is 186 Å². The van der Waals surface area contributed by atoms with Crippen molar-refractivity contribution in [3.63, 3.8) is 0 Å². The minimum atomic E-state index is -3.46. The molecule has 6 heterocycles. The summed E-state index contributed by atoms with van der Waals surface area (Å²) in [5.74, 6) is 0. The third-order valence-corrected chi connectivity index (χ3v) is 19.5. The number of benzene rings is 15. The van der Waals surface area contributed by atoms with Crippen LogP contribution in [-0.2, 0) is 0 Å². The fourth-order valence-corrected chi connectivity index (χ4v) is 15.7. The first-order valence-electron chi connectivity index (χ1n) is 43.9. The molecule has 2 aliphatic rings. The van der Waals surface area contributed by atoms with E-state index in [2.05, 4.69) is 0 Å². The summed E-state index contributed by atoms with van der Waals surface area (Å²) in [5.41, 5.74) is -2.35. The molecule has 0 saturated heterocycles. The van der Waals surface area contributed by atoms with Crippen LogP contribution in [0.25, 0.3) is 175 Å². The molecule has 0 fully saturated rings. The van der Waals surface area contributed by atoms with Gasteiger partial charge in [-0.3, -0.25) is 0 Å². The highest BCUT2D eigenvalue weighted by Crippen LogP contribution is 2.47. The van der Waals surface area contributed by atoms with Gasteiger partial charge in [0.25, 0.3) is 6.71 Å². The highest BCUT2D eigenvalue weighted by atomic mass is 15.1. The van der Waals surface area contributed by atoms with Gasteiger partial charge in [-0.05, 0) is 131 Å². The molecule has 4 nitrogen and oxygen atoms in total. The number of hydrogen-bond donors (Lipinski definition) is 0. The Kier molecular flexibility index (Phi) is 7.28. The first kappa shape index (κ1) is 34.5. The maximum absolute atomic E-state index is 11.7. The van der Waals surface area contributed by atoms with Gasteiger partial charge in [-0.1, -0.05) is 279 Å². The van der Waals surface area contributed by atoms with E-state index in [1.807, 2.05) is 158 Å². The zero-order chi connectivity index (χ0) is 84.5. The second-order valence-corrected chi connectivity index (χ2v) is 24.2. The summed E-state index contributed by atoms with van der Waals surface area (Å²) in [5, 5.41) is 2.57. The van der Waals surface area contributed by atoms with Crippen LogP contribution in [0.2, 0.25) is 0 Å². The van der Waals surface area contributed by atoms with E-state index in [4.69, 9.17) is 0 Å². The van der Waals surface area contributed by atoms with Crippen LogP contribution in [0.15, 0.2) is 327 Å². The zero-order valence-corrected chi connectivity index (χ0v) is 50.3. The number of fused-ring (bicyclic) bond motifs is 24. The summed E-state index contributed by atoms with van der Waals surface area (Å²) in [4.78, 5) is 0. The van der Waals surface area contributed by atoms with Crippen LogP contribution in [0.5, 0.6) is 0 Å². The summed E-state index contributed by atoms with van der Waals surface area (Å²) in [6.07, 6.45) is 0. The van der Waals surface area contributed by atoms with Crippen molar-refractivity contribution in [2.75, 3.05) is 0 Å². The van der Waals surface area contributed by atoms with Crippen molar-refractivity contribution in [3.8, 4) is 45.0 Å². The van der Waals surface area contributed by atoms with E-state index in [-0.39, 0.29) is 92.9 Å². The predicted octanol–water partition coefficient (Wildman–Crippen LogP) is 21.7. The normalized spacial score (nSPS) is 16.2. The molecule has 0 radical (unpaired) electrons. The summed E-state index contributed by atoms with van der Waals surface area (Å²) in [7, 11) is 0. The van der Waals surface area contributed by atoms with E-state index in [0.717, 1.165) is 0 Å². The second-order valence-electron chi connectivity index (χ2n) is 24.2. The Hall–Kier alpha value is -12.4. The Morgan fingerprint density at radius 3 is 0.969 bits per heavy atom. The topological polar surface area (TPSA) is 19.7 Å². The highest BCUT2D eigenvalue weighted by molar-refractivity contribution is 7.00. The molecule has 4 aromatic heterocycles. The molecule has 0 bridgehead atoms. The molecule has 0 unspecified atom stereocenters. The van der Waals surface area contributed by atoms with Crippen molar-refractivity contribution >= 4 is 153 Å². The minimum absolute atomic E-state index is 0.102. The lowest BCUT2D eigenvalue weighted by Crippen LogP contribution is -2.60. The highest BCUT2D eigenvalue weighted by Gasteiger charge is 2.41. The van der Waals surface area contributed by atoms with Crippen LogP contribution in [0, 0.1) is 6.85 Å². The number of hydrogen-bond acceptors (Lipinski definition) is 0. The van der Waals surface area contributed by atoms with Gasteiger partial charge in [0, 0.05) is 69.7 Å². The summed E-state index contributed by atoms with van der Waals surface area (Å²) in [6, 6.07) is 41.7. The number of nitrogens with zero attached hydrogens (tertiary/aromatic N) is 4. The molecule has 5 heteroatoms.